The SMILES string of the molecule is Nc1ccc2c(Cl)c(C(=O)O)sc2c1. The number of halogens is 1. The van der Waals surface area contributed by atoms with E-state index < -0.39 is 5.97 Å². The van der Waals surface area contributed by atoms with E-state index in [2.05, 4.69) is 0 Å². The standard InChI is InChI=1S/C9H6ClNO2S/c10-7-5-2-1-4(11)3-6(5)14-8(7)9(12)13/h1-3H,11H2,(H,12,13). The Hall–Kier alpha value is -1.26. The molecule has 0 saturated heterocycles. The molecule has 2 aromatic rings. The van der Waals surface area contributed by atoms with Gasteiger partial charge in [0.25, 0.3) is 0 Å². The lowest BCUT2D eigenvalue weighted by Crippen LogP contribution is -1.91. The minimum atomic E-state index is -1.00. The highest BCUT2D eigenvalue weighted by atomic mass is 35.5. The molecule has 1 aromatic carbocycles. The third-order valence-electron chi connectivity index (χ3n) is 1.85. The molecule has 0 aliphatic rings. The first kappa shape index (κ1) is 9.30. The van der Waals surface area contributed by atoms with Crippen LogP contribution in [0.5, 0.6) is 0 Å². The number of fused-ring (bicyclic) bond motifs is 1. The largest absolute Gasteiger partial charge is 0.477 e. The van der Waals surface area contributed by atoms with Crippen molar-refractivity contribution in [3.8, 4) is 0 Å². The number of nitrogen functional groups attached to an aromatic ring is 1. The molecular weight excluding hydrogens is 222 g/mol. The number of nitrogens with two attached hydrogens (primary N) is 1. The van der Waals surface area contributed by atoms with Gasteiger partial charge in [-0.1, -0.05) is 11.6 Å². The molecule has 0 radical (unpaired) electrons. The fraction of sp³-hybridized carbons (Fsp3) is 0. The zero-order chi connectivity index (χ0) is 10.3. The Labute approximate surface area is 88.7 Å². The van der Waals surface area contributed by atoms with E-state index in [1.54, 1.807) is 18.2 Å². The van der Waals surface area contributed by atoms with Crippen molar-refractivity contribution in [3.05, 3.63) is 28.1 Å². The number of carboxylic acid groups (broad SMARTS) is 1. The second-order valence-electron chi connectivity index (χ2n) is 2.81. The van der Waals surface area contributed by atoms with Crippen molar-refractivity contribution in [3.63, 3.8) is 0 Å². The minimum absolute atomic E-state index is 0.160. The van der Waals surface area contributed by atoms with Crippen LogP contribution >= 0.6 is 22.9 Å². The summed E-state index contributed by atoms with van der Waals surface area (Å²) in [7, 11) is 0. The van der Waals surface area contributed by atoms with E-state index in [-0.39, 0.29) is 9.90 Å². The lowest BCUT2D eigenvalue weighted by Gasteiger charge is -1.92. The lowest BCUT2D eigenvalue weighted by atomic mass is 10.2. The second-order valence-corrected chi connectivity index (χ2v) is 4.24. The Kier molecular flexibility index (Phi) is 2.09. The highest BCUT2D eigenvalue weighted by molar-refractivity contribution is 7.21. The van der Waals surface area contributed by atoms with E-state index in [4.69, 9.17) is 22.4 Å². The minimum Gasteiger partial charge on any atom is -0.477 e. The molecule has 0 fully saturated rings. The van der Waals surface area contributed by atoms with E-state index >= 15 is 0 Å². The van der Waals surface area contributed by atoms with E-state index in [9.17, 15) is 4.79 Å². The van der Waals surface area contributed by atoms with Gasteiger partial charge in [0.1, 0.15) is 4.88 Å². The molecule has 0 saturated carbocycles. The van der Waals surface area contributed by atoms with Crippen molar-refractivity contribution in [2.75, 3.05) is 5.73 Å². The van der Waals surface area contributed by atoms with Gasteiger partial charge in [-0.15, -0.1) is 11.3 Å². The van der Waals surface area contributed by atoms with Crippen LogP contribution in [0.3, 0.4) is 0 Å². The van der Waals surface area contributed by atoms with E-state index in [0.29, 0.717) is 5.69 Å². The molecule has 72 valence electrons. The van der Waals surface area contributed by atoms with Crippen molar-refractivity contribution in [2.45, 2.75) is 0 Å². The van der Waals surface area contributed by atoms with Crippen LogP contribution in [0.4, 0.5) is 5.69 Å². The normalized spacial score (nSPS) is 10.6. The molecule has 0 unspecified atom stereocenters. The summed E-state index contributed by atoms with van der Waals surface area (Å²) in [6.07, 6.45) is 0. The van der Waals surface area contributed by atoms with Crippen molar-refractivity contribution < 1.29 is 9.90 Å². The molecular formula is C9H6ClNO2S. The highest BCUT2D eigenvalue weighted by Gasteiger charge is 2.15. The Balaban J connectivity index is 2.79. The number of thiophene rings is 1. The Morgan fingerprint density at radius 2 is 2.21 bits per heavy atom. The van der Waals surface area contributed by atoms with E-state index in [0.717, 1.165) is 21.4 Å². The average Bonchev–Trinajstić information content (AvgIpc) is 2.43. The summed E-state index contributed by atoms with van der Waals surface area (Å²) in [6.45, 7) is 0. The summed E-state index contributed by atoms with van der Waals surface area (Å²) in [5.41, 5.74) is 6.18. The molecule has 0 bridgehead atoms. The number of aromatic carboxylic acids is 1. The molecule has 3 N–H and O–H groups in total. The maximum Gasteiger partial charge on any atom is 0.347 e. The number of rotatable bonds is 1. The topological polar surface area (TPSA) is 63.3 Å². The van der Waals surface area contributed by atoms with Gasteiger partial charge in [-0.3, -0.25) is 0 Å². The van der Waals surface area contributed by atoms with Gasteiger partial charge in [-0.2, -0.15) is 0 Å². The lowest BCUT2D eigenvalue weighted by molar-refractivity contribution is 0.0702. The fourth-order valence-electron chi connectivity index (χ4n) is 1.22. The molecule has 0 aliphatic carbocycles. The highest BCUT2D eigenvalue weighted by Crippen LogP contribution is 2.36. The van der Waals surface area contributed by atoms with Gasteiger partial charge < -0.3 is 10.8 Å². The molecule has 14 heavy (non-hydrogen) atoms. The van der Waals surface area contributed by atoms with Crippen molar-refractivity contribution in [1.82, 2.24) is 0 Å². The first-order valence-corrected chi connectivity index (χ1v) is 5.00. The molecule has 0 atom stereocenters. The van der Waals surface area contributed by atoms with E-state index in [1.165, 1.54) is 0 Å². The van der Waals surface area contributed by atoms with Crippen LogP contribution in [-0.2, 0) is 0 Å². The number of hydrogen-bond acceptors (Lipinski definition) is 3. The van der Waals surface area contributed by atoms with Crippen LogP contribution in [0.1, 0.15) is 9.67 Å². The summed E-state index contributed by atoms with van der Waals surface area (Å²) in [5, 5.41) is 9.86. The Morgan fingerprint density at radius 1 is 1.50 bits per heavy atom. The Morgan fingerprint density at radius 3 is 2.86 bits per heavy atom. The zero-order valence-corrected chi connectivity index (χ0v) is 8.52. The van der Waals surface area contributed by atoms with Crippen molar-refractivity contribution >= 4 is 44.7 Å². The van der Waals surface area contributed by atoms with Gasteiger partial charge in [0, 0.05) is 15.8 Å². The number of hydrogen-bond donors (Lipinski definition) is 2. The Bertz CT molecular complexity index is 521. The molecule has 0 aliphatic heterocycles. The van der Waals surface area contributed by atoms with Crippen LogP contribution in [-0.4, -0.2) is 11.1 Å². The van der Waals surface area contributed by atoms with Gasteiger partial charge >= 0.3 is 5.97 Å². The molecule has 0 amide bonds. The third-order valence-corrected chi connectivity index (χ3v) is 3.49. The van der Waals surface area contributed by atoms with Gasteiger partial charge in [-0.25, -0.2) is 4.79 Å². The molecule has 3 nitrogen and oxygen atoms in total. The summed E-state index contributed by atoms with van der Waals surface area (Å²) >= 11 is 7.03. The quantitative estimate of drug-likeness (QED) is 0.737. The maximum absolute atomic E-state index is 10.8. The number of anilines is 1. The fourth-order valence-corrected chi connectivity index (χ4v) is 2.62. The molecule has 1 aromatic heterocycles. The van der Waals surface area contributed by atoms with Crippen molar-refractivity contribution in [1.29, 1.82) is 0 Å². The molecule has 5 heteroatoms. The first-order chi connectivity index (χ1) is 6.59. The monoisotopic (exact) mass is 227 g/mol. The molecule has 0 spiro atoms. The number of carboxylic acids is 1. The van der Waals surface area contributed by atoms with Gasteiger partial charge in [0.05, 0.1) is 5.02 Å². The van der Waals surface area contributed by atoms with Crippen LogP contribution in [0.2, 0.25) is 5.02 Å². The number of carbonyl (C=O) groups is 1. The summed E-state index contributed by atoms with van der Waals surface area (Å²) in [4.78, 5) is 10.9. The predicted molar refractivity (Wildman–Crippen MR) is 58.2 cm³/mol. The van der Waals surface area contributed by atoms with Crippen molar-refractivity contribution in [2.24, 2.45) is 0 Å². The first-order valence-electron chi connectivity index (χ1n) is 3.80. The van der Waals surface area contributed by atoms with Crippen LogP contribution in [0.15, 0.2) is 18.2 Å². The summed E-state index contributed by atoms with van der Waals surface area (Å²) in [5.74, 6) is -1.00. The maximum atomic E-state index is 10.8. The van der Waals surface area contributed by atoms with Crippen LogP contribution < -0.4 is 5.73 Å². The van der Waals surface area contributed by atoms with Crippen LogP contribution in [0, 0.1) is 0 Å². The predicted octanol–water partition coefficient (Wildman–Crippen LogP) is 2.84. The van der Waals surface area contributed by atoms with Gasteiger partial charge in [-0.05, 0) is 18.2 Å². The zero-order valence-electron chi connectivity index (χ0n) is 6.95. The molecule has 1 heterocycles. The van der Waals surface area contributed by atoms with Crippen LogP contribution in [0.25, 0.3) is 10.1 Å². The smallest absolute Gasteiger partial charge is 0.347 e. The molecule has 2 rings (SSSR count). The number of benzene rings is 1. The van der Waals surface area contributed by atoms with E-state index in [1.807, 2.05) is 0 Å². The summed E-state index contributed by atoms with van der Waals surface area (Å²) < 4.78 is 0.799. The van der Waals surface area contributed by atoms with Gasteiger partial charge in [0.2, 0.25) is 0 Å². The third kappa shape index (κ3) is 1.32. The van der Waals surface area contributed by atoms with Gasteiger partial charge in [0.15, 0.2) is 0 Å². The second kappa shape index (κ2) is 3.15. The summed E-state index contributed by atoms with van der Waals surface area (Å²) in [6, 6.07) is 5.15. The average molecular weight is 228 g/mol.